The number of likely N-dealkylation sites (tertiary alicyclic amines) is 1. The molecular weight excluding hydrogens is 695 g/mol. The zero-order chi connectivity index (χ0) is 36.0. The average Bonchev–Trinajstić information content (AvgIpc) is 3.66. The van der Waals surface area contributed by atoms with Crippen LogP contribution in [0.5, 0.6) is 6.01 Å². The number of carbonyl (C=O) groups excluding carboxylic acids is 1. The summed E-state index contributed by atoms with van der Waals surface area (Å²) in [6.07, 6.45) is 6.26. The normalized spacial score (nSPS) is 22.8. The summed E-state index contributed by atoms with van der Waals surface area (Å²) >= 11 is 6.41. The van der Waals surface area contributed by atoms with Gasteiger partial charge in [0.1, 0.15) is 35.6 Å². The number of nitrogens with zero attached hydrogens (tertiary/aromatic N) is 7. The lowest BCUT2D eigenvalue weighted by Crippen LogP contribution is -2.53. The number of hydrogen-bond donors (Lipinski definition) is 0. The molecule has 52 heavy (non-hydrogen) atoms. The van der Waals surface area contributed by atoms with E-state index in [1.165, 1.54) is 12.3 Å². The number of anilines is 1. The van der Waals surface area contributed by atoms with Crippen molar-refractivity contribution in [1.82, 2.24) is 29.7 Å². The van der Waals surface area contributed by atoms with Gasteiger partial charge in [0.25, 0.3) is 0 Å². The second-order valence-corrected chi connectivity index (χ2v) is 14.8. The molecule has 8 rings (SSSR count). The van der Waals surface area contributed by atoms with Crippen LogP contribution < -0.4 is 9.64 Å². The third-order valence-electron chi connectivity index (χ3n) is 11.0. The van der Waals surface area contributed by atoms with Gasteiger partial charge in [-0.15, -0.1) is 0 Å². The number of pyridine rings is 1. The summed E-state index contributed by atoms with van der Waals surface area (Å²) in [4.78, 5) is 34.8. The monoisotopic (exact) mass is 735 g/mol. The summed E-state index contributed by atoms with van der Waals surface area (Å²) in [5, 5.41) is 1.24. The quantitative estimate of drug-likeness (QED) is 0.196. The molecule has 14 heteroatoms. The zero-order valence-corrected chi connectivity index (χ0v) is 29.8. The maximum atomic E-state index is 16.8. The zero-order valence-electron chi connectivity index (χ0n) is 29.0. The Kier molecular flexibility index (Phi) is 9.70. The highest BCUT2D eigenvalue weighted by Crippen LogP contribution is 2.41. The largest absolute Gasteiger partial charge is 0.461 e. The maximum absolute atomic E-state index is 16.8. The van der Waals surface area contributed by atoms with Gasteiger partial charge in [-0.1, -0.05) is 41.9 Å². The second-order valence-electron chi connectivity index (χ2n) is 14.4. The highest BCUT2D eigenvalue weighted by molar-refractivity contribution is 6.36. The van der Waals surface area contributed by atoms with E-state index in [0.717, 1.165) is 32.5 Å². The first-order chi connectivity index (χ1) is 25.2. The fourth-order valence-corrected chi connectivity index (χ4v) is 8.52. The Bertz CT molecular complexity index is 2030. The van der Waals surface area contributed by atoms with Crippen molar-refractivity contribution in [3.8, 4) is 17.3 Å². The van der Waals surface area contributed by atoms with E-state index in [4.69, 9.17) is 26.1 Å². The Morgan fingerprint density at radius 2 is 1.96 bits per heavy atom. The maximum Gasteiger partial charge on any atom is 0.319 e. The molecule has 274 valence electrons. The number of rotatable bonds is 10. The van der Waals surface area contributed by atoms with Gasteiger partial charge in [-0.2, -0.15) is 9.97 Å². The summed E-state index contributed by atoms with van der Waals surface area (Å²) in [6, 6.07) is 8.01. The molecular formula is C38H41ClF3N7O3. The van der Waals surface area contributed by atoms with Crippen LogP contribution in [0.4, 0.5) is 19.0 Å². The van der Waals surface area contributed by atoms with Crippen molar-refractivity contribution in [2.45, 2.75) is 31.0 Å². The van der Waals surface area contributed by atoms with Crippen molar-refractivity contribution in [1.29, 1.82) is 0 Å². The number of ether oxygens (including phenoxy) is 2. The molecule has 2 aromatic carbocycles. The first-order valence-electron chi connectivity index (χ1n) is 17.9. The van der Waals surface area contributed by atoms with Gasteiger partial charge in [-0.25, -0.2) is 13.2 Å². The highest BCUT2D eigenvalue weighted by Gasteiger charge is 2.49. The lowest BCUT2D eigenvalue weighted by Gasteiger charge is -2.40. The lowest BCUT2D eigenvalue weighted by molar-refractivity contribution is -0.131. The van der Waals surface area contributed by atoms with Gasteiger partial charge in [0.05, 0.1) is 29.2 Å². The third kappa shape index (κ3) is 6.68. The first kappa shape index (κ1) is 35.0. The molecule has 0 bridgehead atoms. The summed E-state index contributed by atoms with van der Waals surface area (Å²) in [5.41, 5.74) is -0.159. The van der Waals surface area contributed by atoms with Gasteiger partial charge >= 0.3 is 6.01 Å². The number of halogens is 4. The van der Waals surface area contributed by atoms with Crippen LogP contribution in [0.3, 0.4) is 0 Å². The van der Waals surface area contributed by atoms with E-state index in [1.54, 1.807) is 35.2 Å². The topological polar surface area (TPSA) is 87.2 Å². The van der Waals surface area contributed by atoms with Crippen molar-refractivity contribution in [3.63, 3.8) is 0 Å². The fraction of sp³-hybridized carbons (Fsp3) is 0.474. The Labute approximate surface area is 305 Å². The molecule has 10 nitrogen and oxygen atoms in total. The molecule has 0 saturated carbocycles. The number of aromatic nitrogens is 3. The molecule has 4 aliphatic rings. The van der Waals surface area contributed by atoms with Crippen LogP contribution in [0.2, 0.25) is 5.02 Å². The summed E-state index contributed by atoms with van der Waals surface area (Å²) in [6.45, 7) is 6.90. The van der Waals surface area contributed by atoms with Gasteiger partial charge in [-0.05, 0) is 30.8 Å². The first-order valence-corrected chi connectivity index (χ1v) is 18.3. The van der Waals surface area contributed by atoms with E-state index < -0.39 is 23.3 Å². The number of alkyl halides is 1. The predicted octanol–water partition coefficient (Wildman–Crippen LogP) is 5.51. The summed E-state index contributed by atoms with van der Waals surface area (Å²) in [7, 11) is 1.86. The van der Waals surface area contributed by atoms with Crippen LogP contribution in [-0.2, 0) is 9.53 Å². The van der Waals surface area contributed by atoms with E-state index in [1.807, 2.05) is 18.0 Å². The van der Waals surface area contributed by atoms with Crippen LogP contribution in [0, 0.1) is 17.6 Å². The number of fused-ring (bicyclic) bond motifs is 3. The van der Waals surface area contributed by atoms with Crippen LogP contribution in [-0.4, -0.2) is 126 Å². The van der Waals surface area contributed by atoms with Crippen LogP contribution >= 0.6 is 11.6 Å². The summed E-state index contributed by atoms with van der Waals surface area (Å²) in [5.74, 6) is -0.780. The van der Waals surface area contributed by atoms with Crippen molar-refractivity contribution in [2.75, 3.05) is 84.1 Å². The van der Waals surface area contributed by atoms with E-state index in [-0.39, 0.29) is 40.7 Å². The second kappa shape index (κ2) is 14.4. The van der Waals surface area contributed by atoms with Crippen molar-refractivity contribution >= 4 is 45.0 Å². The molecule has 2 atom stereocenters. The number of carbonyl (C=O) groups is 1. The number of amides is 1. The Morgan fingerprint density at radius 3 is 2.79 bits per heavy atom. The van der Waals surface area contributed by atoms with Crippen molar-refractivity contribution in [3.05, 3.63) is 65.3 Å². The van der Waals surface area contributed by atoms with Crippen LogP contribution in [0.15, 0.2) is 48.7 Å². The van der Waals surface area contributed by atoms with Gasteiger partial charge in [0, 0.05) is 88.4 Å². The van der Waals surface area contributed by atoms with E-state index in [2.05, 4.69) is 19.8 Å². The van der Waals surface area contributed by atoms with Crippen molar-refractivity contribution in [2.24, 2.45) is 5.92 Å². The standard InChI is InChI=1S/C38H41ClF3N7O3/c1-46(19-24-20-48(21-24)30(50)7-3-11-47-13-15-51-16-14-47)36-28-18-43-34(27-6-2-5-25-8-9-29(41)32(39)31(25)27)33(42)35(28)44-37(45-36)52-23-38-10-4-12-49(38)22-26(40)17-38/h2-3,5-9,18,24,26H,4,10-17,19-23H2,1H3/b7-3+/t26-,38+/m1/s1. The molecule has 4 aliphatic heterocycles. The lowest BCUT2D eigenvalue weighted by atomic mass is 9.95. The molecule has 0 aliphatic carbocycles. The van der Waals surface area contributed by atoms with E-state index in [9.17, 15) is 13.6 Å². The van der Waals surface area contributed by atoms with Crippen LogP contribution in [0.25, 0.3) is 32.9 Å². The Balaban J connectivity index is 1.06. The number of benzene rings is 2. The molecule has 0 spiro atoms. The van der Waals surface area contributed by atoms with E-state index >= 15 is 4.39 Å². The molecule has 0 radical (unpaired) electrons. The highest BCUT2D eigenvalue weighted by atomic mass is 35.5. The van der Waals surface area contributed by atoms with Gasteiger partial charge in [-0.3, -0.25) is 19.6 Å². The van der Waals surface area contributed by atoms with Crippen molar-refractivity contribution < 1.29 is 27.4 Å². The molecule has 0 N–H and O–H groups in total. The van der Waals surface area contributed by atoms with Gasteiger partial charge in [0.2, 0.25) is 5.91 Å². The Hall–Kier alpha value is -4.04. The van der Waals surface area contributed by atoms with Gasteiger partial charge < -0.3 is 19.3 Å². The van der Waals surface area contributed by atoms with Gasteiger partial charge in [0.15, 0.2) is 5.82 Å². The molecule has 4 aromatic rings. The molecule has 0 unspecified atom stereocenters. The average molecular weight is 736 g/mol. The minimum atomic E-state index is -0.930. The number of morpholine rings is 1. The third-order valence-corrected chi connectivity index (χ3v) is 11.3. The SMILES string of the molecule is CN(CC1CN(C(=O)/C=C/CN2CCOCC2)C1)c1nc(OC[C@@]23CCCN2C[C@H](F)C3)nc2c(F)c(-c3cccc4ccc(F)c(Cl)c34)ncc12. The number of hydrogen-bond acceptors (Lipinski definition) is 9. The minimum absolute atomic E-state index is 0.00670. The minimum Gasteiger partial charge on any atom is -0.461 e. The smallest absolute Gasteiger partial charge is 0.319 e. The van der Waals surface area contributed by atoms with E-state index in [0.29, 0.717) is 79.9 Å². The molecule has 4 fully saturated rings. The summed E-state index contributed by atoms with van der Waals surface area (Å²) < 4.78 is 57.5. The Morgan fingerprint density at radius 1 is 1.13 bits per heavy atom. The molecule has 2 aromatic heterocycles. The fourth-order valence-electron chi connectivity index (χ4n) is 8.25. The van der Waals surface area contributed by atoms with Crippen LogP contribution in [0.1, 0.15) is 19.3 Å². The molecule has 1 amide bonds. The molecule has 4 saturated heterocycles. The predicted molar refractivity (Wildman–Crippen MR) is 193 cm³/mol. The molecule has 6 heterocycles.